The molecule has 1 fully saturated rings. The molecule has 14 heteroatoms. The molecule has 0 amide bonds. The van der Waals surface area contributed by atoms with Crippen LogP contribution in [-0.4, -0.2) is 59.5 Å². The van der Waals surface area contributed by atoms with Crippen LogP contribution in [0, 0.1) is 5.21 Å². The van der Waals surface area contributed by atoms with Gasteiger partial charge < -0.3 is 35.7 Å². The monoisotopic (exact) mass is 363 g/mol. The predicted octanol–water partition coefficient (Wildman–Crippen LogP) is -2.62. The highest BCUT2D eigenvalue weighted by atomic mass is 31.2. The van der Waals surface area contributed by atoms with E-state index in [0.29, 0.717) is 4.73 Å². The highest BCUT2D eigenvalue weighted by molar-refractivity contribution is 7.46. The van der Waals surface area contributed by atoms with Crippen molar-refractivity contribution in [2.75, 3.05) is 12.3 Å². The highest BCUT2D eigenvalue weighted by Crippen LogP contribution is 2.38. The highest BCUT2D eigenvalue weighted by Gasteiger charge is 2.45. The van der Waals surface area contributed by atoms with Gasteiger partial charge in [0.15, 0.2) is 11.7 Å². The zero-order chi connectivity index (χ0) is 17.6. The molecule has 13 nitrogen and oxygen atoms in total. The van der Waals surface area contributed by atoms with E-state index in [1.807, 2.05) is 0 Å². The molecule has 0 aliphatic carbocycles. The number of nitrogens with zero attached hydrogens (tertiary/aromatic N) is 4. The van der Waals surface area contributed by atoms with Gasteiger partial charge in [-0.3, -0.25) is 9.09 Å². The zero-order valence-electron chi connectivity index (χ0n) is 11.9. The van der Waals surface area contributed by atoms with Crippen molar-refractivity contribution < 1.29 is 38.6 Å². The number of aliphatic hydroxyl groups excluding tert-OH is 2. The fraction of sp³-hybridized carbons (Fsp3) is 0.500. The van der Waals surface area contributed by atoms with Crippen LogP contribution >= 0.6 is 7.82 Å². The lowest BCUT2D eigenvalue weighted by Crippen LogP contribution is -2.33. The van der Waals surface area contributed by atoms with Crippen LogP contribution < -0.4 is 10.5 Å². The largest absolute Gasteiger partial charge is 0.740 e. The Kier molecular flexibility index (Phi) is 4.17. The van der Waals surface area contributed by atoms with Crippen molar-refractivity contribution in [3.63, 3.8) is 0 Å². The second kappa shape index (κ2) is 5.89. The molecule has 1 aliphatic heterocycles. The van der Waals surface area contributed by atoms with Crippen molar-refractivity contribution in [3.8, 4) is 0 Å². The van der Waals surface area contributed by atoms with E-state index in [-0.39, 0.29) is 17.0 Å². The Hall–Kier alpha value is -1.86. The molecule has 0 bridgehead atoms. The van der Waals surface area contributed by atoms with Gasteiger partial charge in [-0.15, -0.1) is 0 Å². The summed E-state index contributed by atoms with van der Waals surface area (Å²) in [6.45, 7) is -0.637. The van der Waals surface area contributed by atoms with Crippen LogP contribution in [0.4, 0.5) is 5.82 Å². The predicted molar refractivity (Wildman–Crippen MR) is 74.8 cm³/mol. The number of phosphoric ester groups is 1. The first-order valence-corrected chi connectivity index (χ1v) is 8.14. The van der Waals surface area contributed by atoms with E-state index in [1.54, 1.807) is 0 Å². The molecule has 4 atom stereocenters. The number of anilines is 1. The van der Waals surface area contributed by atoms with Crippen molar-refractivity contribution >= 4 is 24.8 Å². The first-order valence-electron chi connectivity index (χ1n) is 6.61. The molecule has 3 heterocycles. The molecule has 2 aromatic heterocycles. The SMILES string of the molecule is Nc1c2ncn([C@H]3O[C@@H](COP(=O)(O)O)C(O)C3O)c2nc[n+]1[O-]. The lowest BCUT2D eigenvalue weighted by molar-refractivity contribution is -0.592. The summed E-state index contributed by atoms with van der Waals surface area (Å²) in [6, 6.07) is 0. The number of nitrogen functional groups attached to an aromatic ring is 1. The summed E-state index contributed by atoms with van der Waals surface area (Å²) in [7, 11) is -4.75. The number of fused-ring (bicyclic) bond motifs is 1. The summed E-state index contributed by atoms with van der Waals surface area (Å²) >= 11 is 0. The maximum Gasteiger partial charge on any atom is 0.469 e. The first-order chi connectivity index (χ1) is 11.2. The minimum atomic E-state index is -4.75. The maximum atomic E-state index is 11.4. The number of hydrogen-bond acceptors (Lipinski definition) is 9. The first kappa shape index (κ1) is 17.0. The second-order valence-electron chi connectivity index (χ2n) is 5.11. The van der Waals surface area contributed by atoms with E-state index in [2.05, 4.69) is 14.5 Å². The Labute approximate surface area is 133 Å². The third-order valence-electron chi connectivity index (χ3n) is 3.55. The third kappa shape index (κ3) is 2.93. The number of imidazole rings is 1. The van der Waals surface area contributed by atoms with Gasteiger partial charge in [-0.2, -0.15) is 0 Å². The van der Waals surface area contributed by atoms with Crippen LogP contribution in [0.3, 0.4) is 0 Å². The molecular weight excluding hydrogens is 349 g/mol. The summed E-state index contributed by atoms with van der Waals surface area (Å²) in [6.07, 6.45) is -3.16. The van der Waals surface area contributed by atoms with Gasteiger partial charge in [0.05, 0.1) is 6.61 Å². The number of ether oxygens (including phenoxy) is 1. The van der Waals surface area contributed by atoms with Gasteiger partial charge in [0.1, 0.15) is 24.6 Å². The Bertz CT molecular complexity index is 808. The van der Waals surface area contributed by atoms with Crippen molar-refractivity contribution in [1.82, 2.24) is 14.5 Å². The Balaban J connectivity index is 1.88. The van der Waals surface area contributed by atoms with Gasteiger partial charge in [0.2, 0.25) is 12.0 Å². The van der Waals surface area contributed by atoms with Gasteiger partial charge in [0.25, 0.3) is 5.82 Å². The molecule has 2 aromatic rings. The molecule has 0 spiro atoms. The summed E-state index contributed by atoms with van der Waals surface area (Å²) in [5.74, 6) is -0.201. The van der Waals surface area contributed by atoms with Crippen molar-refractivity contribution in [2.24, 2.45) is 0 Å². The number of phosphoric acid groups is 1. The average molecular weight is 363 g/mol. The number of hydrogen-bond donors (Lipinski definition) is 5. The number of nitrogens with two attached hydrogens (primary N) is 1. The molecular formula is C10H14N5O8P. The Morgan fingerprint density at radius 3 is 2.79 bits per heavy atom. The maximum absolute atomic E-state index is 11.4. The van der Waals surface area contributed by atoms with E-state index in [0.717, 1.165) is 6.33 Å². The molecule has 6 N–H and O–H groups in total. The second-order valence-corrected chi connectivity index (χ2v) is 6.35. The number of rotatable bonds is 4. The number of aliphatic hydroxyl groups is 2. The normalized spacial score (nSPS) is 27.8. The lowest BCUT2D eigenvalue weighted by atomic mass is 10.1. The molecule has 1 aliphatic rings. The molecule has 24 heavy (non-hydrogen) atoms. The van der Waals surface area contributed by atoms with Gasteiger partial charge in [-0.1, -0.05) is 4.98 Å². The van der Waals surface area contributed by atoms with Gasteiger partial charge in [-0.25, -0.2) is 14.3 Å². The van der Waals surface area contributed by atoms with Crippen molar-refractivity contribution in [1.29, 1.82) is 0 Å². The standard InChI is InChI=1S/C10H14N5O8P/c11-8-5-9(13-3-15(8)18)14(2-12-5)10-7(17)6(16)4(23-10)1-22-24(19,20)21/h2-4,6-7,10,16-17H,1,11H2,(H2,19,20,21)/t4-,6?,7?,10-/m0/s1. The molecule has 0 aromatic carbocycles. The fourth-order valence-electron chi connectivity index (χ4n) is 2.39. The summed E-state index contributed by atoms with van der Waals surface area (Å²) in [4.78, 5) is 25.2. The van der Waals surface area contributed by atoms with Crippen molar-refractivity contribution in [2.45, 2.75) is 24.5 Å². The van der Waals surface area contributed by atoms with Crippen molar-refractivity contribution in [3.05, 3.63) is 17.9 Å². The molecule has 3 rings (SSSR count). The van der Waals surface area contributed by atoms with Gasteiger partial charge in [-0.05, 0) is 0 Å². The van der Waals surface area contributed by atoms with E-state index in [4.69, 9.17) is 20.3 Å². The fourth-order valence-corrected chi connectivity index (χ4v) is 2.73. The molecule has 132 valence electrons. The molecule has 0 saturated carbocycles. The van der Waals surface area contributed by atoms with E-state index < -0.39 is 39.0 Å². The Morgan fingerprint density at radius 2 is 2.12 bits per heavy atom. The smallest absolute Gasteiger partial charge is 0.469 e. The summed E-state index contributed by atoms with van der Waals surface area (Å²) in [5, 5.41) is 31.4. The van der Waals surface area contributed by atoms with Crippen LogP contribution in [0.1, 0.15) is 6.23 Å². The average Bonchev–Trinajstić information content (AvgIpc) is 3.04. The molecule has 0 radical (unpaired) electrons. The lowest BCUT2D eigenvalue weighted by Gasteiger charge is -2.15. The summed E-state index contributed by atoms with van der Waals surface area (Å²) < 4.78 is 22.0. The minimum absolute atomic E-state index is 0.0766. The number of aromatic nitrogens is 4. The van der Waals surface area contributed by atoms with E-state index in [9.17, 15) is 20.0 Å². The van der Waals surface area contributed by atoms with Crippen LogP contribution in [0.5, 0.6) is 0 Å². The molecule has 2 unspecified atom stereocenters. The van der Waals surface area contributed by atoms with Gasteiger partial charge in [0, 0.05) is 0 Å². The quantitative estimate of drug-likeness (QED) is 0.216. The van der Waals surface area contributed by atoms with Crippen LogP contribution in [0.25, 0.3) is 11.2 Å². The van der Waals surface area contributed by atoms with Crippen LogP contribution in [0.15, 0.2) is 12.7 Å². The van der Waals surface area contributed by atoms with E-state index in [1.165, 1.54) is 10.9 Å². The van der Waals surface area contributed by atoms with Gasteiger partial charge >= 0.3 is 7.82 Å². The molecule has 1 saturated heterocycles. The van der Waals surface area contributed by atoms with Crippen LogP contribution in [0.2, 0.25) is 0 Å². The topological polar surface area (TPSA) is 200 Å². The zero-order valence-corrected chi connectivity index (χ0v) is 12.8. The third-order valence-corrected chi connectivity index (χ3v) is 4.04. The minimum Gasteiger partial charge on any atom is -0.740 e. The summed E-state index contributed by atoms with van der Waals surface area (Å²) in [5.41, 5.74) is 5.80. The van der Waals surface area contributed by atoms with E-state index >= 15 is 0 Å². The Morgan fingerprint density at radius 1 is 1.42 bits per heavy atom. The van der Waals surface area contributed by atoms with Crippen LogP contribution in [-0.2, 0) is 13.8 Å².